The number of piperidine rings is 2. The van der Waals surface area contributed by atoms with E-state index in [0.29, 0.717) is 63.8 Å². The summed E-state index contributed by atoms with van der Waals surface area (Å²) in [7, 11) is -3.43. The molecule has 3 fully saturated rings. The Morgan fingerprint density at radius 1 is 0.951 bits per heavy atom. The second kappa shape index (κ2) is 18.6. The van der Waals surface area contributed by atoms with Crippen molar-refractivity contribution in [3.63, 3.8) is 0 Å². The smallest absolute Gasteiger partial charge is 0.269 e. The Hall–Kier alpha value is -4.88. The highest BCUT2D eigenvalue weighted by atomic mass is 32.2. The van der Waals surface area contributed by atoms with Gasteiger partial charge >= 0.3 is 0 Å². The lowest BCUT2D eigenvalue weighted by Crippen LogP contribution is -2.54. The first-order chi connectivity index (χ1) is 29.2. The number of carbonyl (C=O) groups is 4. The van der Waals surface area contributed by atoms with Gasteiger partial charge in [-0.25, -0.2) is 26.5 Å². The van der Waals surface area contributed by atoms with Gasteiger partial charge in [0.25, 0.3) is 23.8 Å². The van der Waals surface area contributed by atoms with E-state index >= 15 is 0 Å². The first kappa shape index (κ1) is 44.2. The third-order valence-electron chi connectivity index (χ3n) is 12.5. The molecule has 4 amide bonds. The van der Waals surface area contributed by atoms with Gasteiger partial charge in [-0.1, -0.05) is 44.6 Å². The van der Waals surface area contributed by atoms with Crippen LogP contribution in [0, 0.1) is 0 Å². The molecule has 3 aliphatic heterocycles. The van der Waals surface area contributed by atoms with Gasteiger partial charge in [0.05, 0.1) is 34.1 Å². The average molecular weight is 869 g/mol. The first-order valence-electron chi connectivity index (χ1n) is 21.4. The van der Waals surface area contributed by atoms with Crippen LogP contribution in [-0.4, -0.2) is 104 Å². The van der Waals surface area contributed by atoms with E-state index in [1.54, 1.807) is 25.1 Å². The number of pyridine rings is 1. The largest absolute Gasteiger partial charge is 0.388 e. The number of fused-ring (bicyclic) bond motifs is 2. The molecule has 2 aromatic heterocycles. The average Bonchev–Trinajstić information content (AvgIpc) is 3.70. The monoisotopic (exact) mass is 868 g/mol. The molecule has 2 saturated heterocycles. The predicted molar refractivity (Wildman–Crippen MR) is 223 cm³/mol. The summed E-state index contributed by atoms with van der Waals surface area (Å²) in [5.74, 6) is -1.86. The summed E-state index contributed by atoms with van der Waals surface area (Å²) in [6, 6.07) is 4.25. The molecule has 3 aromatic rings. The van der Waals surface area contributed by atoms with Crippen LogP contribution in [0.5, 0.6) is 0 Å². The molecule has 1 aromatic carbocycles. The lowest BCUT2D eigenvalue weighted by molar-refractivity contribution is -0.136. The summed E-state index contributed by atoms with van der Waals surface area (Å²) >= 11 is 0. The number of carbonyl (C=O) groups excluding carboxylic acids is 4. The SMILES string of the molecule is C[C@@]1(O)CCC[C@H]1n1c(=O)c(C(F)F)cc2cnc(NC3CCN(S(=O)(=O)CCCCCCCCCCNc4cccc5c4C(=O)N(C4CCC(=O)NC4=O)C5=O)CC3)nc21. The van der Waals surface area contributed by atoms with Gasteiger partial charge in [-0.05, 0) is 76.5 Å². The van der Waals surface area contributed by atoms with Crippen LogP contribution in [0.4, 0.5) is 20.4 Å². The second-order valence-electron chi connectivity index (χ2n) is 16.9. The molecule has 3 atom stereocenters. The molecule has 5 heterocycles. The number of amides is 4. The number of alkyl halides is 2. The zero-order valence-corrected chi connectivity index (χ0v) is 35.2. The number of imide groups is 2. The highest BCUT2D eigenvalue weighted by molar-refractivity contribution is 7.89. The van der Waals surface area contributed by atoms with Crippen molar-refractivity contribution >= 4 is 56.3 Å². The minimum Gasteiger partial charge on any atom is -0.388 e. The van der Waals surface area contributed by atoms with Crippen LogP contribution in [0.3, 0.4) is 0 Å². The van der Waals surface area contributed by atoms with Crippen molar-refractivity contribution in [1.29, 1.82) is 0 Å². The molecule has 19 heteroatoms. The molecular weight excluding hydrogens is 815 g/mol. The Morgan fingerprint density at radius 2 is 1.66 bits per heavy atom. The van der Waals surface area contributed by atoms with E-state index in [4.69, 9.17) is 0 Å². The van der Waals surface area contributed by atoms with E-state index in [1.807, 2.05) is 0 Å². The fourth-order valence-electron chi connectivity index (χ4n) is 9.14. The van der Waals surface area contributed by atoms with Gasteiger partial charge in [0.2, 0.25) is 27.8 Å². The topological polar surface area (TPSA) is 213 Å². The Labute approximate surface area is 352 Å². The number of aliphatic hydroxyl groups is 1. The number of hydrogen-bond acceptors (Lipinski definition) is 12. The van der Waals surface area contributed by atoms with Crippen molar-refractivity contribution in [2.75, 3.05) is 36.0 Å². The number of benzene rings is 1. The van der Waals surface area contributed by atoms with Crippen LogP contribution < -0.4 is 21.5 Å². The molecule has 16 nitrogen and oxygen atoms in total. The number of hydrogen-bond donors (Lipinski definition) is 4. The first-order valence-corrected chi connectivity index (χ1v) is 23.0. The number of anilines is 2. The molecule has 1 aliphatic carbocycles. The summed E-state index contributed by atoms with van der Waals surface area (Å²) in [6.07, 6.45) is 8.21. The van der Waals surface area contributed by atoms with Crippen molar-refractivity contribution in [2.45, 2.75) is 133 Å². The van der Waals surface area contributed by atoms with Crippen LogP contribution >= 0.6 is 0 Å². The quantitative estimate of drug-likeness (QED) is 0.0978. The molecular formula is C42H54F2N8O8S. The molecule has 1 saturated carbocycles. The number of rotatable bonds is 18. The Bertz CT molecular complexity index is 2330. The van der Waals surface area contributed by atoms with Gasteiger partial charge in [0.15, 0.2) is 0 Å². The van der Waals surface area contributed by atoms with Crippen LogP contribution in [0.1, 0.15) is 142 Å². The fourth-order valence-corrected chi connectivity index (χ4v) is 10.7. The zero-order valence-electron chi connectivity index (χ0n) is 34.3. The summed E-state index contributed by atoms with van der Waals surface area (Å²) in [6.45, 7) is 2.86. The van der Waals surface area contributed by atoms with E-state index in [2.05, 4.69) is 25.9 Å². The number of sulfonamides is 1. The van der Waals surface area contributed by atoms with Crippen LogP contribution in [0.25, 0.3) is 11.0 Å². The molecule has 4 N–H and O–H groups in total. The number of aromatic nitrogens is 3. The lowest BCUT2D eigenvalue weighted by atomic mass is 9.99. The maximum Gasteiger partial charge on any atom is 0.269 e. The highest BCUT2D eigenvalue weighted by Gasteiger charge is 2.46. The molecule has 7 rings (SSSR count). The predicted octanol–water partition coefficient (Wildman–Crippen LogP) is 5.05. The van der Waals surface area contributed by atoms with Crippen LogP contribution in [0.15, 0.2) is 35.3 Å². The van der Waals surface area contributed by atoms with Gasteiger partial charge in [-0.2, -0.15) is 4.98 Å². The highest BCUT2D eigenvalue weighted by Crippen LogP contribution is 2.40. The lowest BCUT2D eigenvalue weighted by Gasteiger charge is -2.32. The third-order valence-corrected chi connectivity index (χ3v) is 14.5. The number of unbranched alkanes of at least 4 members (excludes halogenated alkanes) is 7. The van der Waals surface area contributed by atoms with Gasteiger partial charge in [-0.3, -0.25) is 38.8 Å². The van der Waals surface area contributed by atoms with E-state index in [-0.39, 0.29) is 52.7 Å². The van der Waals surface area contributed by atoms with Gasteiger partial charge in [0, 0.05) is 49.4 Å². The molecule has 1 unspecified atom stereocenters. The number of halogens is 2. The van der Waals surface area contributed by atoms with Gasteiger partial charge in [0.1, 0.15) is 11.7 Å². The summed E-state index contributed by atoms with van der Waals surface area (Å²) in [5.41, 5.74) is -1.60. The Kier molecular flexibility index (Phi) is 13.5. The summed E-state index contributed by atoms with van der Waals surface area (Å²) in [5, 5.41) is 20.0. The Morgan fingerprint density at radius 3 is 2.33 bits per heavy atom. The van der Waals surface area contributed by atoms with E-state index < -0.39 is 68.9 Å². The van der Waals surface area contributed by atoms with Gasteiger partial charge < -0.3 is 15.7 Å². The van der Waals surface area contributed by atoms with E-state index in [9.17, 15) is 46.3 Å². The molecule has 0 bridgehead atoms. The summed E-state index contributed by atoms with van der Waals surface area (Å²) < 4.78 is 56.7. The van der Waals surface area contributed by atoms with Crippen molar-refractivity contribution in [3.8, 4) is 0 Å². The van der Waals surface area contributed by atoms with Crippen LogP contribution in [0.2, 0.25) is 0 Å². The normalized spacial score (nSPS) is 22.7. The van der Waals surface area contributed by atoms with Crippen molar-refractivity contribution in [1.82, 2.24) is 29.1 Å². The minimum atomic E-state index is -3.43. The van der Waals surface area contributed by atoms with Crippen molar-refractivity contribution in [3.05, 3.63) is 57.5 Å². The second-order valence-corrected chi connectivity index (χ2v) is 19.0. The molecule has 4 aliphatic rings. The van der Waals surface area contributed by atoms with E-state index in [1.165, 1.54) is 15.1 Å². The summed E-state index contributed by atoms with van der Waals surface area (Å²) in [4.78, 5) is 73.4. The minimum absolute atomic E-state index is 0.0606. The molecule has 330 valence electrons. The maximum absolute atomic E-state index is 13.8. The number of nitrogens with one attached hydrogen (secondary N) is 3. The zero-order chi connectivity index (χ0) is 43.5. The Balaban J connectivity index is 0.790. The van der Waals surface area contributed by atoms with E-state index in [0.717, 1.165) is 55.9 Å². The third kappa shape index (κ3) is 9.62. The van der Waals surface area contributed by atoms with Gasteiger partial charge in [-0.15, -0.1) is 0 Å². The molecule has 61 heavy (non-hydrogen) atoms. The number of nitrogens with zero attached hydrogens (tertiary/aromatic N) is 5. The standard InChI is InChI=1S/C42H54F2N8O8S/c1-42(58)19-11-14-32(42)52-36-26(24-29(35(43)44)39(52)56)25-46-41(49-36)47-27-17-21-50(22-18-27)61(59,60)23-9-7-5-3-2-4-6-8-20-45-30-13-10-12-28-34(30)40(57)51(38(28)55)31-15-16-33(53)48-37(31)54/h10,12-13,24-25,27,31-32,35,45,58H,2-9,11,14-23H2,1H3,(H,46,47,49)(H,48,53,54)/t31?,32-,42-/m1/s1. The van der Waals surface area contributed by atoms with Crippen molar-refractivity contribution in [2.24, 2.45) is 0 Å². The molecule has 0 radical (unpaired) electrons. The molecule has 0 spiro atoms. The van der Waals surface area contributed by atoms with Crippen molar-refractivity contribution < 1.29 is 41.5 Å². The van der Waals surface area contributed by atoms with Crippen LogP contribution in [-0.2, 0) is 19.6 Å². The maximum atomic E-state index is 13.8. The fraction of sp³-hybridized carbons (Fsp3) is 0.595.